The van der Waals surface area contributed by atoms with Gasteiger partial charge in [-0.25, -0.2) is 4.79 Å². The summed E-state index contributed by atoms with van der Waals surface area (Å²) in [5.74, 6) is 0.641. The topological polar surface area (TPSA) is 76.7 Å². The lowest BCUT2D eigenvalue weighted by Crippen LogP contribution is -2.62. The number of nitrogens with one attached hydrogen (secondary N) is 2. The number of piperidine rings is 1. The Labute approximate surface area is 184 Å². The Morgan fingerprint density at radius 3 is 2.23 bits per heavy atom. The molecular weight excluding hydrogens is 392 g/mol. The number of benzene rings is 2. The molecule has 31 heavy (non-hydrogen) atoms. The van der Waals surface area contributed by atoms with Crippen molar-refractivity contribution in [2.24, 2.45) is 0 Å². The smallest absolute Gasteiger partial charge is 0.338 e. The van der Waals surface area contributed by atoms with Crippen LogP contribution in [0.2, 0.25) is 0 Å². The molecule has 0 aliphatic carbocycles. The summed E-state index contributed by atoms with van der Waals surface area (Å²) in [6.45, 7) is 10.7. The van der Waals surface area contributed by atoms with Gasteiger partial charge >= 0.3 is 5.97 Å². The number of carbonyl (C=O) groups excluding carboxylic acids is 2. The average molecular weight is 425 g/mol. The van der Waals surface area contributed by atoms with Crippen LogP contribution in [0.3, 0.4) is 0 Å². The maximum Gasteiger partial charge on any atom is 0.338 e. The first-order valence-electron chi connectivity index (χ1n) is 10.7. The standard InChI is InChI=1S/C25H32N2O4/c1-6-30-23(29)18-8-7-9-21(14-18)31-20-12-10-17(11-13-20)22(28)26-19-15-24(2,3)27-25(4,5)16-19/h7-14,19,27H,6,15-16H2,1-5H3,(H,26,28). The molecule has 1 saturated heterocycles. The molecule has 0 radical (unpaired) electrons. The molecule has 1 heterocycles. The van der Waals surface area contributed by atoms with Gasteiger partial charge in [0.25, 0.3) is 5.91 Å². The molecule has 1 aliphatic rings. The summed E-state index contributed by atoms with van der Waals surface area (Å²) in [5.41, 5.74) is 0.954. The fourth-order valence-electron chi connectivity index (χ4n) is 4.40. The first-order valence-corrected chi connectivity index (χ1v) is 10.7. The average Bonchev–Trinajstić information content (AvgIpc) is 2.66. The number of ether oxygens (including phenoxy) is 2. The third-order valence-corrected chi connectivity index (χ3v) is 5.22. The minimum atomic E-state index is -0.385. The lowest BCUT2D eigenvalue weighted by Gasteiger charge is -2.46. The van der Waals surface area contributed by atoms with Crippen LogP contribution in [0.25, 0.3) is 0 Å². The zero-order valence-corrected chi connectivity index (χ0v) is 19.0. The van der Waals surface area contributed by atoms with Gasteiger partial charge in [0.15, 0.2) is 0 Å². The molecule has 0 aromatic heterocycles. The summed E-state index contributed by atoms with van der Waals surface area (Å²) in [6.07, 6.45) is 1.75. The van der Waals surface area contributed by atoms with E-state index >= 15 is 0 Å². The van der Waals surface area contributed by atoms with E-state index < -0.39 is 0 Å². The maximum absolute atomic E-state index is 12.8. The minimum absolute atomic E-state index is 0.0323. The zero-order chi connectivity index (χ0) is 22.6. The summed E-state index contributed by atoms with van der Waals surface area (Å²) in [4.78, 5) is 24.6. The normalized spacial score (nSPS) is 17.6. The van der Waals surface area contributed by atoms with E-state index in [-0.39, 0.29) is 29.0 Å². The Morgan fingerprint density at radius 2 is 1.61 bits per heavy atom. The van der Waals surface area contributed by atoms with Gasteiger partial charge in [-0.3, -0.25) is 4.79 Å². The van der Waals surface area contributed by atoms with Crippen molar-refractivity contribution >= 4 is 11.9 Å². The SMILES string of the molecule is CCOC(=O)c1cccc(Oc2ccc(C(=O)NC3CC(C)(C)NC(C)(C)C3)cc2)c1. The molecule has 3 rings (SSSR count). The molecule has 2 aromatic rings. The van der Waals surface area contributed by atoms with Gasteiger partial charge in [-0.1, -0.05) is 6.07 Å². The Morgan fingerprint density at radius 1 is 0.968 bits per heavy atom. The van der Waals surface area contributed by atoms with Crippen LogP contribution in [0, 0.1) is 0 Å². The number of carbonyl (C=O) groups is 2. The van der Waals surface area contributed by atoms with Gasteiger partial charge in [-0.2, -0.15) is 0 Å². The Hall–Kier alpha value is -2.86. The van der Waals surface area contributed by atoms with Crippen LogP contribution in [0.4, 0.5) is 0 Å². The monoisotopic (exact) mass is 424 g/mol. The lowest BCUT2D eigenvalue weighted by atomic mass is 9.79. The van der Waals surface area contributed by atoms with Crippen molar-refractivity contribution in [3.05, 3.63) is 59.7 Å². The van der Waals surface area contributed by atoms with E-state index in [0.29, 0.717) is 29.2 Å². The maximum atomic E-state index is 12.8. The van der Waals surface area contributed by atoms with E-state index in [2.05, 4.69) is 38.3 Å². The van der Waals surface area contributed by atoms with Crippen LogP contribution >= 0.6 is 0 Å². The molecule has 0 atom stereocenters. The predicted octanol–water partition coefficient (Wildman–Crippen LogP) is 4.69. The van der Waals surface area contributed by atoms with Gasteiger partial charge in [0.05, 0.1) is 12.2 Å². The second kappa shape index (κ2) is 9.10. The van der Waals surface area contributed by atoms with Crippen LogP contribution in [0.5, 0.6) is 11.5 Å². The zero-order valence-electron chi connectivity index (χ0n) is 19.0. The highest BCUT2D eigenvalue weighted by Gasteiger charge is 2.38. The summed E-state index contributed by atoms with van der Waals surface area (Å²) >= 11 is 0. The molecule has 2 N–H and O–H groups in total. The van der Waals surface area contributed by atoms with Crippen molar-refractivity contribution in [2.75, 3.05) is 6.61 Å². The van der Waals surface area contributed by atoms with Crippen LogP contribution < -0.4 is 15.4 Å². The van der Waals surface area contributed by atoms with Gasteiger partial charge in [0, 0.05) is 22.7 Å². The number of esters is 1. The molecule has 166 valence electrons. The molecule has 0 spiro atoms. The second-order valence-corrected chi connectivity index (χ2v) is 9.35. The molecule has 0 bridgehead atoms. The molecular formula is C25H32N2O4. The van der Waals surface area contributed by atoms with E-state index in [1.54, 1.807) is 55.5 Å². The highest BCUT2D eigenvalue weighted by molar-refractivity contribution is 5.94. The first-order chi connectivity index (χ1) is 14.6. The van der Waals surface area contributed by atoms with Crippen molar-refractivity contribution < 1.29 is 19.1 Å². The number of hydrogen-bond acceptors (Lipinski definition) is 5. The molecule has 6 nitrogen and oxygen atoms in total. The number of rotatable bonds is 6. The number of amides is 1. The third-order valence-electron chi connectivity index (χ3n) is 5.22. The van der Waals surface area contributed by atoms with Gasteiger partial charge < -0.3 is 20.1 Å². The minimum Gasteiger partial charge on any atom is -0.462 e. The molecule has 0 saturated carbocycles. The van der Waals surface area contributed by atoms with E-state index in [9.17, 15) is 9.59 Å². The van der Waals surface area contributed by atoms with E-state index in [0.717, 1.165) is 12.8 Å². The molecule has 0 unspecified atom stereocenters. The summed E-state index contributed by atoms with van der Waals surface area (Å²) in [5, 5.41) is 6.80. The van der Waals surface area contributed by atoms with Crippen molar-refractivity contribution in [3.8, 4) is 11.5 Å². The summed E-state index contributed by atoms with van der Waals surface area (Å²) in [6, 6.07) is 13.9. The quantitative estimate of drug-likeness (QED) is 0.658. The lowest BCUT2D eigenvalue weighted by molar-refractivity contribution is 0.0525. The predicted molar refractivity (Wildman–Crippen MR) is 121 cm³/mol. The molecule has 1 fully saturated rings. The Bertz CT molecular complexity index is 919. The fourth-order valence-corrected chi connectivity index (χ4v) is 4.40. The van der Waals surface area contributed by atoms with E-state index in [4.69, 9.17) is 9.47 Å². The van der Waals surface area contributed by atoms with Gasteiger partial charge in [0.2, 0.25) is 0 Å². The van der Waals surface area contributed by atoms with Crippen LogP contribution in [0.1, 0.15) is 68.2 Å². The van der Waals surface area contributed by atoms with Gasteiger partial charge in [-0.15, -0.1) is 0 Å². The van der Waals surface area contributed by atoms with Crippen LogP contribution in [-0.2, 0) is 4.74 Å². The second-order valence-electron chi connectivity index (χ2n) is 9.35. The Kier molecular flexibility index (Phi) is 6.70. The van der Waals surface area contributed by atoms with Crippen molar-refractivity contribution in [2.45, 2.75) is 64.6 Å². The van der Waals surface area contributed by atoms with Crippen LogP contribution in [-0.4, -0.2) is 35.6 Å². The summed E-state index contributed by atoms with van der Waals surface area (Å²) < 4.78 is 10.9. The number of hydrogen-bond donors (Lipinski definition) is 2. The van der Waals surface area contributed by atoms with Gasteiger partial charge in [-0.05, 0) is 89.9 Å². The third kappa shape index (κ3) is 6.31. The van der Waals surface area contributed by atoms with E-state index in [1.807, 2.05) is 0 Å². The molecule has 2 aromatic carbocycles. The van der Waals surface area contributed by atoms with Crippen LogP contribution in [0.15, 0.2) is 48.5 Å². The molecule has 1 amide bonds. The molecule has 1 aliphatic heterocycles. The van der Waals surface area contributed by atoms with Crippen molar-refractivity contribution in [3.63, 3.8) is 0 Å². The van der Waals surface area contributed by atoms with Crippen molar-refractivity contribution in [1.29, 1.82) is 0 Å². The Balaban J connectivity index is 1.63. The first kappa shape index (κ1) is 22.8. The highest BCUT2D eigenvalue weighted by Crippen LogP contribution is 2.29. The summed E-state index contributed by atoms with van der Waals surface area (Å²) in [7, 11) is 0. The highest BCUT2D eigenvalue weighted by atomic mass is 16.5. The van der Waals surface area contributed by atoms with Gasteiger partial charge in [0.1, 0.15) is 11.5 Å². The molecule has 6 heteroatoms. The van der Waals surface area contributed by atoms with E-state index in [1.165, 1.54) is 0 Å². The largest absolute Gasteiger partial charge is 0.462 e. The van der Waals surface area contributed by atoms with Crippen molar-refractivity contribution in [1.82, 2.24) is 10.6 Å². The fraction of sp³-hybridized carbons (Fsp3) is 0.440.